The van der Waals surface area contributed by atoms with Gasteiger partial charge in [-0.15, -0.1) is 0 Å². The summed E-state index contributed by atoms with van der Waals surface area (Å²) in [5.41, 5.74) is 5.86. The molecular weight excluding hydrogens is 342 g/mol. The van der Waals surface area contributed by atoms with Crippen molar-refractivity contribution in [2.24, 2.45) is 5.10 Å². The SMILES string of the molecule is CCOc1cccc2cc(/C(C)=N\NC(=O)CNc3ccc(C)cc3)oc12. The van der Waals surface area contributed by atoms with E-state index in [1.54, 1.807) is 6.92 Å². The molecule has 0 radical (unpaired) electrons. The van der Waals surface area contributed by atoms with Gasteiger partial charge < -0.3 is 14.5 Å². The highest BCUT2D eigenvalue weighted by molar-refractivity contribution is 6.01. The van der Waals surface area contributed by atoms with E-state index in [0.717, 1.165) is 11.1 Å². The van der Waals surface area contributed by atoms with Gasteiger partial charge in [0.2, 0.25) is 0 Å². The van der Waals surface area contributed by atoms with Crippen LogP contribution in [0.5, 0.6) is 5.75 Å². The fourth-order valence-electron chi connectivity index (χ4n) is 2.58. The van der Waals surface area contributed by atoms with Crippen LogP contribution < -0.4 is 15.5 Å². The Morgan fingerprint density at radius 1 is 1.19 bits per heavy atom. The van der Waals surface area contributed by atoms with E-state index in [2.05, 4.69) is 15.8 Å². The molecule has 0 aliphatic carbocycles. The topological polar surface area (TPSA) is 75.9 Å². The summed E-state index contributed by atoms with van der Waals surface area (Å²) in [7, 11) is 0. The van der Waals surface area contributed by atoms with Gasteiger partial charge in [-0.25, -0.2) is 5.43 Å². The van der Waals surface area contributed by atoms with E-state index in [1.165, 1.54) is 5.56 Å². The summed E-state index contributed by atoms with van der Waals surface area (Å²) >= 11 is 0. The minimum atomic E-state index is -0.235. The van der Waals surface area contributed by atoms with Crippen LogP contribution in [0.3, 0.4) is 0 Å². The second-order valence-corrected chi connectivity index (χ2v) is 6.17. The van der Waals surface area contributed by atoms with Crippen molar-refractivity contribution in [3.8, 4) is 5.75 Å². The number of nitrogens with one attached hydrogen (secondary N) is 2. The van der Waals surface area contributed by atoms with Gasteiger partial charge in [-0.2, -0.15) is 5.10 Å². The zero-order valence-corrected chi connectivity index (χ0v) is 15.7. The van der Waals surface area contributed by atoms with Crippen LogP contribution in [0, 0.1) is 6.92 Å². The molecule has 6 heteroatoms. The standard InChI is InChI=1S/C21H23N3O3/c1-4-26-18-7-5-6-16-12-19(27-21(16)18)15(3)23-24-20(25)13-22-17-10-8-14(2)9-11-17/h5-12,22H,4,13H2,1-3H3,(H,24,25)/b23-15-. The first kappa shape index (κ1) is 18.5. The molecule has 2 N–H and O–H groups in total. The van der Waals surface area contributed by atoms with Crippen molar-refractivity contribution in [2.45, 2.75) is 20.8 Å². The van der Waals surface area contributed by atoms with Crippen LogP contribution in [0.1, 0.15) is 25.2 Å². The highest BCUT2D eigenvalue weighted by Gasteiger charge is 2.11. The number of para-hydroxylation sites is 1. The molecule has 0 atom stereocenters. The van der Waals surface area contributed by atoms with Gasteiger partial charge in [0.25, 0.3) is 5.91 Å². The monoisotopic (exact) mass is 365 g/mol. The molecule has 27 heavy (non-hydrogen) atoms. The van der Waals surface area contributed by atoms with Crippen LogP contribution >= 0.6 is 0 Å². The molecule has 0 aliphatic heterocycles. The number of hydrogen-bond donors (Lipinski definition) is 2. The number of nitrogens with zero attached hydrogens (tertiary/aromatic N) is 1. The summed E-state index contributed by atoms with van der Waals surface area (Å²) in [6.45, 7) is 6.42. The van der Waals surface area contributed by atoms with Gasteiger partial charge in [-0.05, 0) is 45.0 Å². The van der Waals surface area contributed by atoms with E-state index >= 15 is 0 Å². The fraction of sp³-hybridized carbons (Fsp3) is 0.238. The van der Waals surface area contributed by atoms with Gasteiger partial charge in [-0.3, -0.25) is 4.79 Å². The maximum absolute atomic E-state index is 12.0. The number of rotatable bonds is 7. The largest absolute Gasteiger partial charge is 0.490 e. The Labute approximate surface area is 158 Å². The Morgan fingerprint density at radius 3 is 2.70 bits per heavy atom. The van der Waals surface area contributed by atoms with Crippen LogP contribution in [0.15, 0.2) is 58.0 Å². The fourth-order valence-corrected chi connectivity index (χ4v) is 2.58. The second-order valence-electron chi connectivity index (χ2n) is 6.17. The first-order chi connectivity index (χ1) is 13.1. The maximum atomic E-state index is 12.0. The lowest BCUT2D eigenvalue weighted by Crippen LogP contribution is -2.26. The molecule has 0 aliphatic rings. The molecule has 0 fully saturated rings. The Bertz CT molecular complexity index is 958. The molecule has 1 aromatic heterocycles. The highest BCUT2D eigenvalue weighted by Crippen LogP contribution is 2.29. The Hall–Kier alpha value is -3.28. The smallest absolute Gasteiger partial charge is 0.259 e. The van der Waals surface area contributed by atoms with Crippen molar-refractivity contribution in [3.05, 3.63) is 59.9 Å². The highest BCUT2D eigenvalue weighted by atomic mass is 16.5. The predicted octanol–water partition coefficient (Wildman–Crippen LogP) is 4.09. The molecule has 0 saturated heterocycles. The Balaban J connectivity index is 1.63. The number of carbonyl (C=O) groups excluding carboxylic acids is 1. The molecule has 0 spiro atoms. The third-order valence-electron chi connectivity index (χ3n) is 4.02. The van der Waals surface area contributed by atoms with E-state index in [-0.39, 0.29) is 12.5 Å². The summed E-state index contributed by atoms with van der Waals surface area (Å²) in [6.07, 6.45) is 0. The van der Waals surface area contributed by atoms with Crippen molar-refractivity contribution < 1.29 is 13.9 Å². The van der Waals surface area contributed by atoms with Crippen molar-refractivity contribution in [1.82, 2.24) is 5.43 Å². The van der Waals surface area contributed by atoms with E-state index in [9.17, 15) is 4.79 Å². The van der Waals surface area contributed by atoms with Crippen LogP contribution in [0.4, 0.5) is 5.69 Å². The third-order valence-corrected chi connectivity index (χ3v) is 4.02. The second kappa shape index (κ2) is 8.40. The van der Waals surface area contributed by atoms with Crippen molar-refractivity contribution >= 4 is 28.3 Å². The number of aryl methyl sites for hydroxylation is 1. The molecule has 1 heterocycles. The summed E-state index contributed by atoms with van der Waals surface area (Å²) < 4.78 is 11.4. The molecule has 140 valence electrons. The number of anilines is 1. The van der Waals surface area contributed by atoms with Gasteiger partial charge >= 0.3 is 0 Å². The van der Waals surface area contributed by atoms with Crippen molar-refractivity contribution in [3.63, 3.8) is 0 Å². The number of fused-ring (bicyclic) bond motifs is 1. The number of hydrogen-bond acceptors (Lipinski definition) is 5. The lowest BCUT2D eigenvalue weighted by molar-refractivity contribution is -0.119. The minimum Gasteiger partial charge on any atom is -0.490 e. The average molecular weight is 365 g/mol. The third kappa shape index (κ3) is 4.67. The molecule has 6 nitrogen and oxygen atoms in total. The van der Waals surface area contributed by atoms with Crippen LogP contribution in [-0.4, -0.2) is 24.8 Å². The van der Waals surface area contributed by atoms with Crippen molar-refractivity contribution in [1.29, 1.82) is 0 Å². The molecule has 0 unspecified atom stereocenters. The Kier molecular flexibility index (Phi) is 5.76. The van der Waals surface area contributed by atoms with Gasteiger partial charge in [-0.1, -0.05) is 29.8 Å². The number of benzene rings is 2. The van der Waals surface area contributed by atoms with Gasteiger partial charge in [0.15, 0.2) is 17.1 Å². The van der Waals surface area contributed by atoms with Gasteiger partial charge in [0.05, 0.1) is 13.2 Å². The summed E-state index contributed by atoms with van der Waals surface area (Å²) in [5, 5.41) is 8.12. The number of carbonyl (C=O) groups is 1. The number of amides is 1. The minimum absolute atomic E-state index is 0.133. The molecule has 1 amide bonds. The predicted molar refractivity (Wildman–Crippen MR) is 107 cm³/mol. The van der Waals surface area contributed by atoms with E-state index < -0.39 is 0 Å². The lowest BCUT2D eigenvalue weighted by Gasteiger charge is -2.06. The quantitative estimate of drug-likeness (QED) is 0.488. The molecule has 3 aromatic rings. The molecular formula is C21H23N3O3. The zero-order chi connectivity index (χ0) is 19.2. The van der Waals surface area contributed by atoms with E-state index in [1.807, 2.05) is 62.4 Å². The van der Waals surface area contributed by atoms with Crippen molar-refractivity contribution in [2.75, 3.05) is 18.5 Å². The van der Waals surface area contributed by atoms with E-state index in [4.69, 9.17) is 9.15 Å². The first-order valence-electron chi connectivity index (χ1n) is 8.86. The summed E-state index contributed by atoms with van der Waals surface area (Å²) in [4.78, 5) is 12.0. The molecule has 0 bridgehead atoms. The summed E-state index contributed by atoms with van der Waals surface area (Å²) in [6, 6.07) is 15.4. The van der Waals surface area contributed by atoms with Gasteiger partial charge in [0.1, 0.15) is 5.71 Å². The summed E-state index contributed by atoms with van der Waals surface area (Å²) in [5.74, 6) is 1.05. The van der Waals surface area contributed by atoms with Crippen LogP contribution in [0.25, 0.3) is 11.0 Å². The molecule has 0 saturated carbocycles. The number of furan rings is 1. The molecule has 3 rings (SSSR count). The number of ether oxygens (including phenoxy) is 1. The van der Waals surface area contributed by atoms with Gasteiger partial charge in [0, 0.05) is 11.1 Å². The average Bonchev–Trinajstić information content (AvgIpc) is 3.11. The molecule has 2 aromatic carbocycles. The van der Waals surface area contributed by atoms with Crippen LogP contribution in [0.2, 0.25) is 0 Å². The maximum Gasteiger partial charge on any atom is 0.259 e. The van der Waals surface area contributed by atoms with Crippen LogP contribution in [-0.2, 0) is 4.79 Å². The number of hydrazone groups is 1. The first-order valence-corrected chi connectivity index (χ1v) is 8.86. The Morgan fingerprint density at radius 2 is 1.96 bits per heavy atom. The normalized spacial score (nSPS) is 11.4. The zero-order valence-electron chi connectivity index (χ0n) is 15.7. The van der Waals surface area contributed by atoms with E-state index in [0.29, 0.717) is 29.4 Å². The lowest BCUT2D eigenvalue weighted by atomic mass is 10.2.